The van der Waals surface area contributed by atoms with Gasteiger partial charge in [0.15, 0.2) is 17.7 Å². The van der Waals surface area contributed by atoms with Gasteiger partial charge in [0.05, 0.1) is 0 Å². The summed E-state index contributed by atoms with van der Waals surface area (Å²) in [6.45, 7) is 7.59. The fraction of sp³-hybridized carbons (Fsp3) is 0.467. The fourth-order valence-corrected chi connectivity index (χ4v) is 4.77. The number of carboxylic acid groups (broad SMARTS) is 1. The molecule has 0 aliphatic heterocycles. The Kier molecular flexibility index (Phi) is 9.37. The molecule has 3 atom stereocenters. The highest BCUT2D eigenvalue weighted by Crippen LogP contribution is 2.30. The molecule has 1 fully saturated rings. The van der Waals surface area contributed by atoms with Gasteiger partial charge in [-0.05, 0) is 64.0 Å². The van der Waals surface area contributed by atoms with Crippen LogP contribution < -0.4 is 10.6 Å². The minimum Gasteiger partial charge on any atom is -0.465 e. The van der Waals surface area contributed by atoms with Gasteiger partial charge in [0.2, 0.25) is 0 Å². The minimum absolute atomic E-state index is 0.108. The molecule has 5 N–H and O–H groups in total. The number of carbonyl (C=O) groups excluding carboxylic acids is 3. The average Bonchev–Trinajstić information content (AvgIpc) is 2.87. The van der Waals surface area contributed by atoms with Gasteiger partial charge in [-0.25, -0.2) is 9.59 Å². The number of ether oxygens (including phenoxy) is 1. The molecule has 216 valence electrons. The smallest absolute Gasteiger partial charge is 0.408 e. The van der Waals surface area contributed by atoms with E-state index >= 15 is 0 Å². The van der Waals surface area contributed by atoms with E-state index in [0.29, 0.717) is 35.1 Å². The number of aliphatic hydroxyl groups is 2. The summed E-state index contributed by atoms with van der Waals surface area (Å²) in [5, 5.41) is 34.6. The standard InChI is InChI=1S/C30H38N2O8/c1-17-6-15-22(31-27(35)36)16-23(17)32-28(37)40-24(18-7-11-20(12-8-18)25(33)29(2,3)38)19-9-13-21(14-10-19)26(34)30(4,5)39/h7-14,17,22-24,31,38-39H,6,15-16H2,1-5H3,(H,32,37)(H,35,36). The molecule has 40 heavy (non-hydrogen) atoms. The second kappa shape index (κ2) is 12.2. The molecule has 3 unspecified atom stereocenters. The Morgan fingerprint density at radius 3 is 1.65 bits per heavy atom. The van der Waals surface area contributed by atoms with E-state index in [2.05, 4.69) is 10.6 Å². The summed E-state index contributed by atoms with van der Waals surface area (Å²) in [7, 11) is 0. The summed E-state index contributed by atoms with van der Waals surface area (Å²) < 4.78 is 5.87. The molecule has 2 aromatic carbocycles. The number of alkyl carbamates (subject to hydrolysis) is 1. The molecule has 3 rings (SSSR count). The van der Waals surface area contributed by atoms with Gasteiger partial charge in [-0.3, -0.25) is 9.59 Å². The first-order valence-corrected chi connectivity index (χ1v) is 13.3. The second-order valence-corrected chi connectivity index (χ2v) is 11.5. The number of carbonyl (C=O) groups is 4. The van der Waals surface area contributed by atoms with Crippen molar-refractivity contribution >= 4 is 23.8 Å². The fourth-order valence-electron chi connectivity index (χ4n) is 4.77. The first-order valence-electron chi connectivity index (χ1n) is 13.3. The minimum atomic E-state index is -1.55. The number of Topliss-reactive ketones (excluding diaryl/α,β-unsaturated/α-hetero) is 2. The molecular weight excluding hydrogens is 516 g/mol. The van der Waals surface area contributed by atoms with Crippen LogP contribution in [0.15, 0.2) is 48.5 Å². The molecule has 0 saturated heterocycles. The van der Waals surface area contributed by atoms with E-state index in [-0.39, 0.29) is 18.0 Å². The SMILES string of the molecule is CC1CCC(NC(=O)O)CC1NC(=O)OC(c1ccc(C(=O)C(C)(C)O)cc1)c1ccc(C(=O)C(C)(C)O)cc1. The van der Waals surface area contributed by atoms with Gasteiger partial charge in [-0.15, -0.1) is 0 Å². The first-order chi connectivity index (χ1) is 18.6. The highest BCUT2D eigenvalue weighted by Gasteiger charge is 2.32. The van der Waals surface area contributed by atoms with Gasteiger partial charge in [-0.1, -0.05) is 55.5 Å². The summed E-state index contributed by atoms with van der Waals surface area (Å²) in [5.41, 5.74) is -1.43. The van der Waals surface area contributed by atoms with E-state index in [1.807, 2.05) is 6.92 Å². The van der Waals surface area contributed by atoms with Crippen LogP contribution in [0.25, 0.3) is 0 Å². The predicted octanol–water partition coefficient (Wildman–Crippen LogP) is 4.23. The lowest BCUT2D eigenvalue weighted by Gasteiger charge is -2.34. The largest absolute Gasteiger partial charge is 0.465 e. The lowest BCUT2D eigenvalue weighted by Crippen LogP contribution is -2.49. The van der Waals surface area contributed by atoms with Crippen molar-refractivity contribution in [2.75, 3.05) is 0 Å². The summed E-state index contributed by atoms with van der Waals surface area (Å²) in [4.78, 5) is 49.2. The second-order valence-electron chi connectivity index (χ2n) is 11.5. The number of ketones is 2. The lowest BCUT2D eigenvalue weighted by molar-refractivity contribution is 0.0487. The third-order valence-electron chi connectivity index (χ3n) is 7.11. The molecule has 2 aromatic rings. The normalized spacial score (nSPS) is 19.6. The summed E-state index contributed by atoms with van der Waals surface area (Å²) >= 11 is 0. The summed E-state index contributed by atoms with van der Waals surface area (Å²) in [6, 6.07) is 12.1. The molecule has 0 aromatic heterocycles. The van der Waals surface area contributed by atoms with Crippen molar-refractivity contribution < 1.29 is 39.2 Å². The Labute approximate surface area is 233 Å². The van der Waals surface area contributed by atoms with E-state index in [4.69, 9.17) is 9.84 Å². The monoisotopic (exact) mass is 554 g/mol. The summed E-state index contributed by atoms with van der Waals surface area (Å²) in [6.07, 6.45) is -0.898. The van der Waals surface area contributed by atoms with Crippen molar-refractivity contribution in [3.05, 3.63) is 70.8 Å². The van der Waals surface area contributed by atoms with Crippen LogP contribution in [-0.2, 0) is 4.74 Å². The van der Waals surface area contributed by atoms with Crippen LogP contribution in [0.4, 0.5) is 9.59 Å². The quantitative estimate of drug-likeness (QED) is 0.288. The van der Waals surface area contributed by atoms with Crippen molar-refractivity contribution in [1.29, 1.82) is 0 Å². The molecule has 0 heterocycles. The van der Waals surface area contributed by atoms with Gasteiger partial charge >= 0.3 is 12.2 Å². The van der Waals surface area contributed by atoms with Crippen LogP contribution in [0.3, 0.4) is 0 Å². The van der Waals surface area contributed by atoms with Crippen molar-refractivity contribution in [3.63, 3.8) is 0 Å². The van der Waals surface area contributed by atoms with Crippen LogP contribution in [0.5, 0.6) is 0 Å². The number of hydrogen-bond acceptors (Lipinski definition) is 7. The van der Waals surface area contributed by atoms with Gasteiger partial charge in [-0.2, -0.15) is 0 Å². The molecule has 1 saturated carbocycles. The summed E-state index contributed by atoms with van der Waals surface area (Å²) in [5.74, 6) is -0.809. The number of hydrogen-bond donors (Lipinski definition) is 5. The van der Waals surface area contributed by atoms with Crippen molar-refractivity contribution in [1.82, 2.24) is 10.6 Å². The van der Waals surface area contributed by atoms with Gasteiger partial charge in [0.1, 0.15) is 11.2 Å². The molecule has 0 spiro atoms. The number of nitrogens with one attached hydrogen (secondary N) is 2. The molecule has 0 radical (unpaired) electrons. The van der Waals surface area contributed by atoms with Crippen LogP contribution in [0.1, 0.15) is 91.8 Å². The Balaban J connectivity index is 1.87. The van der Waals surface area contributed by atoms with Crippen LogP contribution >= 0.6 is 0 Å². The van der Waals surface area contributed by atoms with E-state index < -0.39 is 41.1 Å². The molecule has 2 amide bonds. The lowest BCUT2D eigenvalue weighted by atomic mass is 9.83. The molecule has 1 aliphatic rings. The highest BCUT2D eigenvalue weighted by atomic mass is 16.6. The van der Waals surface area contributed by atoms with Gasteiger partial charge < -0.3 is 30.7 Å². The van der Waals surface area contributed by atoms with Crippen molar-refractivity contribution in [2.45, 2.75) is 83.3 Å². The molecule has 10 nitrogen and oxygen atoms in total. The Bertz CT molecular complexity index is 1160. The Morgan fingerprint density at radius 1 is 0.800 bits per heavy atom. The molecule has 1 aliphatic carbocycles. The number of rotatable bonds is 9. The van der Waals surface area contributed by atoms with Gasteiger partial charge in [0.25, 0.3) is 0 Å². The van der Waals surface area contributed by atoms with Crippen LogP contribution in [-0.4, -0.2) is 62.4 Å². The molecule has 10 heteroatoms. The van der Waals surface area contributed by atoms with Crippen LogP contribution in [0, 0.1) is 5.92 Å². The molecular formula is C30H38N2O8. The third-order valence-corrected chi connectivity index (χ3v) is 7.11. The van der Waals surface area contributed by atoms with Crippen molar-refractivity contribution in [2.24, 2.45) is 5.92 Å². The maximum Gasteiger partial charge on any atom is 0.408 e. The van der Waals surface area contributed by atoms with E-state index in [0.717, 1.165) is 6.42 Å². The average molecular weight is 555 g/mol. The van der Waals surface area contributed by atoms with E-state index in [9.17, 15) is 29.4 Å². The first kappa shape index (κ1) is 30.8. The van der Waals surface area contributed by atoms with E-state index in [1.165, 1.54) is 27.7 Å². The highest BCUT2D eigenvalue weighted by molar-refractivity contribution is 6.02. The van der Waals surface area contributed by atoms with E-state index in [1.54, 1.807) is 48.5 Å². The topological polar surface area (TPSA) is 162 Å². The van der Waals surface area contributed by atoms with Gasteiger partial charge in [0, 0.05) is 23.2 Å². The maximum atomic E-state index is 13.1. The molecule has 0 bridgehead atoms. The third kappa shape index (κ3) is 7.89. The van der Waals surface area contributed by atoms with Crippen LogP contribution in [0.2, 0.25) is 0 Å². The number of benzene rings is 2. The zero-order valence-corrected chi connectivity index (χ0v) is 23.4. The van der Waals surface area contributed by atoms with Crippen molar-refractivity contribution in [3.8, 4) is 0 Å². The zero-order valence-electron chi connectivity index (χ0n) is 23.4. The maximum absolute atomic E-state index is 13.1. The Morgan fingerprint density at radius 2 is 1.25 bits per heavy atom. The predicted molar refractivity (Wildman–Crippen MR) is 147 cm³/mol. The zero-order chi connectivity index (χ0) is 29.8. The number of amides is 2. The Hall–Kier alpha value is -3.76.